The minimum atomic E-state index is -2.02. The predicted octanol–water partition coefficient (Wildman–Crippen LogP) is -10.8. The first-order valence-electron chi connectivity index (χ1n) is 21.4. The smallest absolute Gasteiger partial charge is 0.335 e. The molecule has 0 amide bonds. The summed E-state index contributed by atoms with van der Waals surface area (Å²) >= 11 is 0. The number of ether oxygens (including phenoxy) is 13. The fraction of sp³-hybridized carbons (Fsp3) is 0.946. The maximum absolute atomic E-state index is 11.8. The Morgan fingerprint density at radius 2 is 0.706 bits per heavy atom. The van der Waals surface area contributed by atoms with Gasteiger partial charge in [0.05, 0.1) is 45.2 Å². The molecule has 31 nitrogen and oxygen atoms in total. The molecule has 68 heavy (non-hydrogen) atoms. The molecule has 7 aliphatic heterocycles. The molecular formula is C37H58O31. The molecule has 7 rings (SSSR count). The molecule has 0 aliphatic carbocycles. The van der Waals surface area contributed by atoms with Crippen LogP contribution in [0.2, 0.25) is 0 Å². The van der Waals surface area contributed by atoms with Gasteiger partial charge in [-0.3, -0.25) is 0 Å². The van der Waals surface area contributed by atoms with E-state index in [1.807, 2.05) is 0 Å². The summed E-state index contributed by atoms with van der Waals surface area (Å²) in [5, 5.41) is 167. The minimum Gasteiger partial charge on any atom is -0.479 e. The monoisotopic (exact) mass is 998 g/mol. The van der Waals surface area contributed by atoms with Crippen LogP contribution in [0.1, 0.15) is 12.8 Å². The quantitative estimate of drug-likeness (QED) is 0.0768. The van der Waals surface area contributed by atoms with Gasteiger partial charge >= 0.3 is 11.9 Å². The van der Waals surface area contributed by atoms with E-state index >= 15 is 0 Å². The summed E-state index contributed by atoms with van der Waals surface area (Å²) in [6.45, 7) is -2.78. The molecule has 0 aromatic heterocycles. The zero-order valence-corrected chi connectivity index (χ0v) is 35.4. The summed E-state index contributed by atoms with van der Waals surface area (Å²) < 4.78 is 72.4. The third kappa shape index (κ3) is 11.7. The van der Waals surface area contributed by atoms with Gasteiger partial charge in [-0.2, -0.15) is 0 Å². The van der Waals surface area contributed by atoms with Crippen molar-refractivity contribution in [1.82, 2.24) is 0 Å². The van der Waals surface area contributed by atoms with E-state index in [0.29, 0.717) is 0 Å². The van der Waals surface area contributed by atoms with E-state index in [0.717, 1.165) is 0 Å². The van der Waals surface area contributed by atoms with E-state index in [4.69, 9.17) is 61.6 Å². The van der Waals surface area contributed by atoms with E-state index in [-0.39, 0.29) is 0 Å². The molecule has 0 aromatic carbocycles. The second-order valence-electron chi connectivity index (χ2n) is 17.2. The van der Waals surface area contributed by atoms with Gasteiger partial charge in [0.15, 0.2) is 56.2 Å². The normalized spacial score (nSPS) is 51.7. The molecule has 16 N–H and O–H groups in total. The maximum atomic E-state index is 11.8. The molecule has 392 valence electrons. The van der Waals surface area contributed by atoms with Crippen LogP contribution in [-0.4, -0.2) is 299 Å². The summed E-state index contributed by atoms with van der Waals surface area (Å²) in [6, 6.07) is 0. The number of aliphatic hydroxyl groups is 14. The van der Waals surface area contributed by atoms with Crippen LogP contribution < -0.4 is 0 Å². The Morgan fingerprint density at radius 3 is 1.15 bits per heavy atom. The number of carbonyl (C=O) groups is 2. The number of aliphatic carboxylic acids is 2. The van der Waals surface area contributed by atoms with Crippen LogP contribution in [0.25, 0.3) is 0 Å². The number of rotatable bonds is 14. The van der Waals surface area contributed by atoms with Gasteiger partial charge < -0.3 is 143 Å². The van der Waals surface area contributed by atoms with Crippen molar-refractivity contribution in [2.24, 2.45) is 0 Å². The van der Waals surface area contributed by atoms with Gasteiger partial charge in [0.2, 0.25) is 0 Å². The highest BCUT2D eigenvalue weighted by molar-refractivity contribution is 5.73. The Bertz CT molecular complexity index is 1650. The van der Waals surface area contributed by atoms with E-state index < -0.39 is 230 Å². The molecule has 7 fully saturated rings. The van der Waals surface area contributed by atoms with E-state index in [1.54, 1.807) is 0 Å². The van der Waals surface area contributed by atoms with Crippen molar-refractivity contribution in [1.29, 1.82) is 0 Å². The number of hydrogen-bond acceptors (Lipinski definition) is 29. The van der Waals surface area contributed by atoms with Crippen molar-refractivity contribution in [3.63, 3.8) is 0 Å². The fourth-order valence-electron chi connectivity index (χ4n) is 8.38. The highest BCUT2D eigenvalue weighted by Crippen LogP contribution is 2.34. The Labute approximate surface area is 382 Å². The van der Waals surface area contributed by atoms with Crippen LogP contribution in [0.4, 0.5) is 0 Å². The summed E-state index contributed by atoms with van der Waals surface area (Å²) in [5.41, 5.74) is 0. The number of hydrogen-bond donors (Lipinski definition) is 16. The average Bonchev–Trinajstić information content (AvgIpc) is 3.29. The standard InChI is InChI=1S/C37H58O31/c38-8-1-15(65-27(17(8)41)31(51)52)67-29-19(43)10(40)3-57-36(29)63-12-5-59-35(26(50)21(12)45)62-14-7-60-37(30(23(14)47)68-16-2-9(39)18(42)28(66-16)32(53)54)64-13-6-58-34(25(49)22(13)46)61-11-4-56-33(55)24(48)20(11)44/h8-30,33-50,55H,1-7H2,(H,51,52)(H,53,54)/t8-,9-,10-,11?,12-,13-,14-,15+,16+,17+,18+,19+,20+,21+,22+,23+,24-,25-,26-,27+,28+,29-,30-,33+,34-,35-,36-,37-/m1/s1. The SMILES string of the molecule is O=C(O)[C@H]1O[C@@H](O[C@H]2[C@@H](O[C@@H]3CO[C@H](O[C@@H]4CO[C@H](O[C@@H]5CO[C@H](OC6CO[C@H](O)[C@H](O)[C@H]6O)[C@H](O)[C@H]5O)[C@H](O[C@H]5C[C@@H](O)[C@H](O)[C@@H](C(=O)O)O5)[C@H]4O)[C@H](O)[C@H]3O)OC[C@@H](O)[C@@H]2O)C[C@@H](O)[C@@H]1O. The van der Waals surface area contributed by atoms with Crippen molar-refractivity contribution in [2.45, 2.75) is 185 Å². The van der Waals surface area contributed by atoms with Crippen molar-refractivity contribution in [3.8, 4) is 0 Å². The Hall–Kier alpha value is -2.14. The molecule has 31 heteroatoms. The molecule has 0 radical (unpaired) electrons. The average molecular weight is 999 g/mol. The van der Waals surface area contributed by atoms with E-state index in [1.165, 1.54) is 0 Å². The van der Waals surface area contributed by atoms with Crippen LogP contribution in [-0.2, 0) is 71.2 Å². The predicted molar refractivity (Wildman–Crippen MR) is 200 cm³/mol. The van der Waals surface area contributed by atoms with Crippen LogP contribution in [0.15, 0.2) is 0 Å². The molecular weight excluding hydrogens is 940 g/mol. The van der Waals surface area contributed by atoms with Crippen molar-refractivity contribution in [3.05, 3.63) is 0 Å². The number of aliphatic hydroxyl groups excluding tert-OH is 14. The van der Waals surface area contributed by atoms with E-state index in [2.05, 4.69) is 0 Å². The molecule has 7 saturated heterocycles. The first-order chi connectivity index (χ1) is 32.1. The van der Waals surface area contributed by atoms with Crippen LogP contribution >= 0.6 is 0 Å². The highest BCUT2D eigenvalue weighted by atomic mass is 16.8. The highest BCUT2D eigenvalue weighted by Gasteiger charge is 2.54. The number of carboxylic acids is 2. The third-order valence-corrected chi connectivity index (χ3v) is 12.4. The molecule has 28 atom stereocenters. The van der Waals surface area contributed by atoms with Gasteiger partial charge in [-0.05, 0) is 0 Å². The Kier molecular flexibility index (Phi) is 17.9. The van der Waals surface area contributed by atoms with Crippen molar-refractivity contribution in [2.75, 3.05) is 33.0 Å². The summed E-state index contributed by atoms with van der Waals surface area (Å²) in [5.74, 6) is -3.33. The summed E-state index contributed by atoms with van der Waals surface area (Å²) in [7, 11) is 0. The lowest BCUT2D eigenvalue weighted by Crippen LogP contribution is -2.64. The van der Waals surface area contributed by atoms with Crippen LogP contribution in [0.3, 0.4) is 0 Å². The molecule has 0 spiro atoms. The Balaban J connectivity index is 0.995. The molecule has 1 unspecified atom stereocenters. The lowest BCUT2D eigenvalue weighted by Gasteiger charge is -2.47. The van der Waals surface area contributed by atoms with E-state index in [9.17, 15) is 91.3 Å². The first-order valence-corrected chi connectivity index (χ1v) is 21.4. The van der Waals surface area contributed by atoms with Gasteiger partial charge in [-0.25, -0.2) is 9.59 Å². The summed E-state index contributed by atoms with van der Waals surface area (Å²) in [6.07, 6.45) is -49.7. The Morgan fingerprint density at radius 1 is 0.353 bits per heavy atom. The van der Waals surface area contributed by atoms with Gasteiger partial charge in [0, 0.05) is 12.8 Å². The molecule has 7 heterocycles. The largest absolute Gasteiger partial charge is 0.479 e. The second-order valence-corrected chi connectivity index (χ2v) is 17.2. The lowest BCUT2D eigenvalue weighted by atomic mass is 10.00. The molecule has 0 saturated carbocycles. The third-order valence-electron chi connectivity index (χ3n) is 12.4. The zero-order valence-electron chi connectivity index (χ0n) is 35.4. The molecule has 0 bridgehead atoms. The van der Waals surface area contributed by atoms with Crippen LogP contribution in [0.5, 0.6) is 0 Å². The molecule has 7 aliphatic rings. The first kappa shape index (κ1) is 53.7. The van der Waals surface area contributed by atoms with Gasteiger partial charge in [-0.15, -0.1) is 0 Å². The van der Waals surface area contributed by atoms with Gasteiger partial charge in [0.25, 0.3) is 0 Å². The fourth-order valence-corrected chi connectivity index (χ4v) is 8.38. The van der Waals surface area contributed by atoms with Crippen molar-refractivity contribution < 1.29 is 153 Å². The van der Waals surface area contributed by atoms with Gasteiger partial charge in [-0.1, -0.05) is 0 Å². The van der Waals surface area contributed by atoms with Crippen LogP contribution in [0, 0.1) is 0 Å². The zero-order chi connectivity index (χ0) is 49.5. The van der Waals surface area contributed by atoms with Gasteiger partial charge in [0.1, 0.15) is 104 Å². The lowest BCUT2D eigenvalue weighted by molar-refractivity contribution is -0.379. The number of carboxylic acid groups (broad SMARTS) is 2. The second kappa shape index (κ2) is 22.7. The minimum absolute atomic E-state index is 0.440. The topological polar surface area (TPSA) is 478 Å². The molecule has 0 aromatic rings. The van der Waals surface area contributed by atoms with Crippen molar-refractivity contribution >= 4 is 11.9 Å². The summed E-state index contributed by atoms with van der Waals surface area (Å²) in [4.78, 5) is 23.4. The maximum Gasteiger partial charge on any atom is 0.335 e.